The Hall–Kier alpha value is -0.870. The fourth-order valence-corrected chi connectivity index (χ4v) is 1.14. The summed E-state index contributed by atoms with van der Waals surface area (Å²) >= 11 is 0. The van der Waals surface area contributed by atoms with E-state index in [4.69, 9.17) is 10.2 Å². The Morgan fingerprint density at radius 2 is 2.15 bits per heavy atom. The molecule has 0 spiro atoms. The van der Waals surface area contributed by atoms with Gasteiger partial charge in [0.1, 0.15) is 5.76 Å². The summed E-state index contributed by atoms with van der Waals surface area (Å²) in [6.07, 6.45) is 0. The predicted octanol–water partition coefficient (Wildman–Crippen LogP) is 0.682. The molecule has 1 aromatic heterocycles. The molecule has 1 heterocycles. The van der Waals surface area contributed by atoms with Crippen LogP contribution in [0.3, 0.4) is 0 Å². The van der Waals surface area contributed by atoms with Crippen molar-refractivity contribution >= 4 is 0 Å². The Morgan fingerprint density at radius 1 is 1.46 bits per heavy atom. The fraction of sp³-hybridized carbons (Fsp3) is 0.667. The van der Waals surface area contributed by atoms with Crippen LogP contribution in [0.5, 0.6) is 0 Å². The van der Waals surface area contributed by atoms with E-state index in [9.17, 15) is 0 Å². The monoisotopic (exact) mass is 183 g/mol. The highest BCUT2D eigenvalue weighted by Gasteiger charge is 2.07. The highest BCUT2D eigenvalue weighted by Crippen LogP contribution is 2.09. The second kappa shape index (κ2) is 4.39. The van der Waals surface area contributed by atoms with Gasteiger partial charge >= 0.3 is 0 Å². The van der Waals surface area contributed by atoms with Crippen LogP contribution in [0.1, 0.15) is 17.3 Å². The van der Waals surface area contributed by atoms with E-state index in [0.717, 1.165) is 30.4 Å². The van der Waals surface area contributed by atoms with Crippen molar-refractivity contribution in [1.29, 1.82) is 0 Å². The normalized spacial score (nSPS) is 11.2. The lowest BCUT2D eigenvalue weighted by atomic mass is 10.4. The molecular weight excluding hydrogens is 166 g/mol. The average molecular weight is 183 g/mol. The number of aryl methyl sites for hydroxylation is 2. The molecule has 0 aliphatic rings. The van der Waals surface area contributed by atoms with Gasteiger partial charge in [-0.15, -0.1) is 0 Å². The van der Waals surface area contributed by atoms with Crippen LogP contribution in [0.4, 0.5) is 0 Å². The first kappa shape index (κ1) is 10.2. The van der Waals surface area contributed by atoms with Gasteiger partial charge in [-0.3, -0.25) is 4.90 Å². The van der Waals surface area contributed by atoms with Crippen molar-refractivity contribution in [1.82, 2.24) is 9.88 Å². The topological polar surface area (TPSA) is 55.3 Å². The molecule has 4 nitrogen and oxygen atoms in total. The Bertz CT molecular complexity index is 250. The summed E-state index contributed by atoms with van der Waals surface area (Å²) in [4.78, 5) is 6.37. The van der Waals surface area contributed by atoms with Crippen molar-refractivity contribution in [3.05, 3.63) is 17.3 Å². The number of nitrogens with two attached hydrogens (primary N) is 1. The quantitative estimate of drug-likeness (QED) is 0.746. The van der Waals surface area contributed by atoms with E-state index < -0.39 is 0 Å². The number of hydrogen-bond acceptors (Lipinski definition) is 4. The lowest BCUT2D eigenvalue weighted by Crippen LogP contribution is -2.25. The van der Waals surface area contributed by atoms with Gasteiger partial charge in [0.05, 0.1) is 12.2 Å². The third-order valence-corrected chi connectivity index (χ3v) is 1.99. The second-order valence-corrected chi connectivity index (χ2v) is 3.28. The Labute approximate surface area is 78.7 Å². The van der Waals surface area contributed by atoms with Crippen LogP contribution >= 0.6 is 0 Å². The molecule has 0 saturated carbocycles. The molecule has 0 radical (unpaired) electrons. The van der Waals surface area contributed by atoms with Gasteiger partial charge in [-0.2, -0.15) is 0 Å². The fourth-order valence-electron chi connectivity index (χ4n) is 1.14. The summed E-state index contributed by atoms with van der Waals surface area (Å²) < 4.78 is 5.44. The van der Waals surface area contributed by atoms with Crippen molar-refractivity contribution < 1.29 is 4.42 Å². The van der Waals surface area contributed by atoms with Gasteiger partial charge in [0, 0.05) is 13.1 Å². The van der Waals surface area contributed by atoms with Crippen LogP contribution < -0.4 is 5.73 Å². The Morgan fingerprint density at radius 3 is 2.62 bits per heavy atom. The van der Waals surface area contributed by atoms with Gasteiger partial charge in [0.25, 0.3) is 0 Å². The smallest absolute Gasteiger partial charge is 0.208 e. The van der Waals surface area contributed by atoms with E-state index in [1.165, 1.54) is 0 Å². The SMILES string of the molecule is Cc1nc(CN(C)CCN)oc1C. The van der Waals surface area contributed by atoms with Crippen molar-refractivity contribution in [2.45, 2.75) is 20.4 Å². The van der Waals surface area contributed by atoms with Crippen LogP contribution in [0, 0.1) is 13.8 Å². The van der Waals surface area contributed by atoms with E-state index in [2.05, 4.69) is 9.88 Å². The standard InChI is InChI=1S/C9H17N3O/c1-7-8(2)13-9(11-7)6-12(3)5-4-10/h4-6,10H2,1-3H3. The summed E-state index contributed by atoms with van der Waals surface area (Å²) in [5.41, 5.74) is 6.39. The molecule has 1 aromatic rings. The van der Waals surface area contributed by atoms with Crippen molar-refractivity contribution in [2.75, 3.05) is 20.1 Å². The van der Waals surface area contributed by atoms with Gasteiger partial charge in [-0.25, -0.2) is 4.98 Å². The predicted molar refractivity (Wildman–Crippen MR) is 51.4 cm³/mol. The molecule has 0 amide bonds. The molecule has 0 saturated heterocycles. The molecule has 0 aliphatic carbocycles. The first-order valence-electron chi connectivity index (χ1n) is 4.45. The molecule has 0 atom stereocenters. The number of oxazole rings is 1. The molecular formula is C9H17N3O. The molecule has 0 aromatic carbocycles. The molecule has 0 aliphatic heterocycles. The summed E-state index contributed by atoms with van der Waals surface area (Å²) in [6, 6.07) is 0. The number of nitrogens with zero attached hydrogens (tertiary/aromatic N) is 2. The maximum Gasteiger partial charge on any atom is 0.208 e. The molecule has 0 bridgehead atoms. The van der Waals surface area contributed by atoms with E-state index in [-0.39, 0.29) is 0 Å². The highest BCUT2D eigenvalue weighted by molar-refractivity contribution is 5.05. The van der Waals surface area contributed by atoms with Crippen LogP contribution in [-0.2, 0) is 6.54 Å². The van der Waals surface area contributed by atoms with E-state index >= 15 is 0 Å². The van der Waals surface area contributed by atoms with Gasteiger partial charge in [-0.1, -0.05) is 0 Å². The van der Waals surface area contributed by atoms with Crippen molar-refractivity contribution in [2.24, 2.45) is 5.73 Å². The Kier molecular flexibility index (Phi) is 3.45. The molecule has 2 N–H and O–H groups in total. The van der Waals surface area contributed by atoms with Crippen LogP contribution in [0.2, 0.25) is 0 Å². The molecule has 0 unspecified atom stereocenters. The van der Waals surface area contributed by atoms with Crippen LogP contribution in [0.25, 0.3) is 0 Å². The lowest BCUT2D eigenvalue weighted by molar-refractivity contribution is 0.292. The minimum Gasteiger partial charge on any atom is -0.444 e. The third-order valence-electron chi connectivity index (χ3n) is 1.99. The first-order chi connectivity index (χ1) is 6.13. The third kappa shape index (κ3) is 2.82. The van der Waals surface area contributed by atoms with E-state index in [1.54, 1.807) is 0 Å². The van der Waals surface area contributed by atoms with Crippen LogP contribution in [-0.4, -0.2) is 30.0 Å². The van der Waals surface area contributed by atoms with E-state index in [0.29, 0.717) is 6.54 Å². The zero-order chi connectivity index (χ0) is 9.84. The summed E-state index contributed by atoms with van der Waals surface area (Å²) in [5.74, 6) is 1.67. The largest absolute Gasteiger partial charge is 0.444 e. The molecule has 13 heavy (non-hydrogen) atoms. The van der Waals surface area contributed by atoms with Gasteiger partial charge in [0.2, 0.25) is 5.89 Å². The Balaban J connectivity index is 2.53. The van der Waals surface area contributed by atoms with E-state index in [1.807, 2.05) is 20.9 Å². The number of rotatable bonds is 4. The van der Waals surface area contributed by atoms with Crippen molar-refractivity contribution in [3.63, 3.8) is 0 Å². The lowest BCUT2D eigenvalue weighted by Gasteiger charge is -2.11. The summed E-state index contributed by atoms with van der Waals surface area (Å²) in [5, 5.41) is 0. The molecule has 1 rings (SSSR count). The maximum atomic E-state index is 5.44. The number of likely N-dealkylation sites (N-methyl/N-ethyl adjacent to an activating group) is 1. The minimum absolute atomic E-state index is 0.662. The molecule has 4 heteroatoms. The second-order valence-electron chi connectivity index (χ2n) is 3.28. The van der Waals surface area contributed by atoms with Crippen molar-refractivity contribution in [3.8, 4) is 0 Å². The van der Waals surface area contributed by atoms with Gasteiger partial charge in [-0.05, 0) is 20.9 Å². The average Bonchev–Trinajstić information content (AvgIpc) is 2.31. The molecule has 0 fully saturated rings. The zero-order valence-corrected chi connectivity index (χ0v) is 8.50. The molecule has 74 valence electrons. The minimum atomic E-state index is 0.662. The first-order valence-corrected chi connectivity index (χ1v) is 4.45. The van der Waals surface area contributed by atoms with Gasteiger partial charge < -0.3 is 10.2 Å². The highest BCUT2D eigenvalue weighted by atomic mass is 16.4. The zero-order valence-electron chi connectivity index (χ0n) is 8.50. The summed E-state index contributed by atoms with van der Waals surface area (Å²) in [7, 11) is 2.00. The van der Waals surface area contributed by atoms with Crippen LogP contribution in [0.15, 0.2) is 4.42 Å². The number of aromatic nitrogens is 1. The maximum absolute atomic E-state index is 5.44. The number of hydrogen-bond donors (Lipinski definition) is 1. The van der Waals surface area contributed by atoms with Gasteiger partial charge in [0.15, 0.2) is 0 Å². The summed E-state index contributed by atoms with van der Waals surface area (Å²) in [6.45, 7) is 6.13.